The molecule has 2 rings (SSSR count). The molecule has 5 heteroatoms. The molecule has 0 aromatic heterocycles. The Morgan fingerprint density at radius 1 is 1.41 bits per heavy atom. The molecule has 0 radical (unpaired) electrons. The van der Waals surface area contributed by atoms with E-state index in [2.05, 4.69) is 10.6 Å². The smallest absolute Gasteiger partial charge is 0.239 e. The topological polar surface area (TPSA) is 61.4 Å². The molecule has 0 saturated carbocycles. The zero-order chi connectivity index (χ0) is 12.1. The van der Waals surface area contributed by atoms with Crippen LogP contribution in [-0.2, 0) is 9.59 Å². The van der Waals surface area contributed by atoms with Gasteiger partial charge in [-0.05, 0) is 38.3 Å². The van der Waals surface area contributed by atoms with E-state index in [9.17, 15) is 9.59 Å². The van der Waals surface area contributed by atoms with Crippen molar-refractivity contribution in [2.24, 2.45) is 5.92 Å². The van der Waals surface area contributed by atoms with Crippen LogP contribution in [0.5, 0.6) is 0 Å². The first-order valence-electron chi connectivity index (χ1n) is 6.51. The molecule has 17 heavy (non-hydrogen) atoms. The number of carbonyl (C=O) groups excluding carboxylic acids is 2. The van der Waals surface area contributed by atoms with Crippen LogP contribution in [0.15, 0.2) is 0 Å². The normalized spacial score (nSPS) is 25.5. The predicted octanol–water partition coefficient (Wildman–Crippen LogP) is -0.275. The van der Waals surface area contributed by atoms with Crippen molar-refractivity contribution < 1.29 is 9.59 Å². The molecule has 0 aliphatic carbocycles. The third kappa shape index (κ3) is 3.70. The van der Waals surface area contributed by atoms with E-state index in [0.717, 1.165) is 19.5 Å². The van der Waals surface area contributed by atoms with Crippen LogP contribution >= 0.6 is 0 Å². The molecule has 2 heterocycles. The summed E-state index contributed by atoms with van der Waals surface area (Å²) in [6.07, 6.45) is 3.97. The Kier molecular flexibility index (Phi) is 4.36. The van der Waals surface area contributed by atoms with E-state index in [4.69, 9.17) is 0 Å². The van der Waals surface area contributed by atoms with Gasteiger partial charge in [0.05, 0.1) is 6.54 Å². The Morgan fingerprint density at radius 3 is 3.00 bits per heavy atom. The summed E-state index contributed by atoms with van der Waals surface area (Å²) < 4.78 is 0. The summed E-state index contributed by atoms with van der Waals surface area (Å²) in [5, 5.41) is 6.09. The maximum absolute atomic E-state index is 11.9. The summed E-state index contributed by atoms with van der Waals surface area (Å²) in [6.45, 7) is 3.63. The number of amides is 2. The van der Waals surface area contributed by atoms with Crippen LogP contribution in [0.2, 0.25) is 0 Å². The first kappa shape index (κ1) is 12.4. The SMILES string of the molecule is O=C1CN(C(=O)CCC2CCCNC2)CCN1. The highest BCUT2D eigenvalue weighted by Crippen LogP contribution is 2.16. The third-order valence-electron chi connectivity index (χ3n) is 3.56. The van der Waals surface area contributed by atoms with Crippen molar-refractivity contribution in [1.29, 1.82) is 0 Å². The standard InChI is InChI=1S/C12H21N3O2/c16-11-9-15(7-6-14-11)12(17)4-3-10-2-1-5-13-8-10/h10,13H,1-9H2,(H,14,16). The van der Waals surface area contributed by atoms with Gasteiger partial charge in [0.15, 0.2) is 0 Å². The van der Waals surface area contributed by atoms with Crippen molar-refractivity contribution in [1.82, 2.24) is 15.5 Å². The number of piperazine rings is 1. The van der Waals surface area contributed by atoms with Crippen LogP contribution in [0.1, 0.15) is 25.7 Å². The fourth-order valence-electron chi connectivity index (χ4n) is 2.51. The van der Waals surface area contributed by atoms with Crippen molar-refractivity contribution in [3.8, 4) is 0 Å². The van der Waals surface area contributed by atoms with Crippen LogP contribution in [0, 0.1) is 5.92 Å². The van der Waals surface area contributed by atoms with Gasteiger partial charge in [-0.1, -0.05) is 0 Å². The zero-order valence-corrected chi connectivity index (χ0v) is 10.2. The lowest BCUT2D eigenvalue weighted by atomic mass is 9.94. The summed E-state index contributed by atoms with van der Waals surface area (Å²) >= 11 is 0. The fourth-order valence-corrected chi connectivity index (χ4v) is 2.51. The molecule has 2 N–H and O–H groups in total. The Hall–Kier alpha value is -1.10. The summed E-state index contributed by atoms with van der Waals surface area (Å²) in [5.41, 5.74) is 0. The maximum atomic E-state index is 11.9. The number of nitrogens with one attached hydrogen (secondary N) is 2. The highest BCUT2D eigenvalue weighted by molar-refractivity contribution is 5.85. The van der Waals surface area contributed by atoms with Gasteiger partial charge in [0, 0.05) is 19.5 Å². The highest BCUT2D eigenvalue weighted by Gasteiger charge is 2.22. The van der Waals surface area contributed by atoms with Gasteiger partial charge in [0.2, 0.25) is 11.8 Å². The quantitative estimate of drug-likeness (QED) is 0.712. The van der Waals surface area contributed by atoms with Gasteiger partial charge in [-0.2, -0.15) is 0 Å². The molecule has 5 nitrogen and oxygen atoms in total. The van der Waals surface area contributed by atoms with E-state index >= 15 is 0 Å². The van der Waals surface area contributed by atoms with E-state index in [1.807, 2.05) is 0 Å². The van der Waals surface area contributed by atoms with Gasteiger partial charge in [-0.15, -0.1) is 0 Å². The average Bonchev–Trinajstić information content (AvgIpc) is 2.37. The minimum atomic E-state index is -0.0380. The molecule has 0 aromatic rings. The van der Waals surface area contributed by atoms with E-state index < -0.39 is 0 Å². The van der Waals surface area contributed by atoms with Crippen molar-refractivity contribution in [3.63, 3.8) is 0 Å². The van der Waals surface area contributed by atoms with Crippen molar-refractivity contribution in [2.75, 3.05) is 32.7 Å². The number of piperidine rings is 1. The number of hydrogen-bond acceptors (Lipinski definition) is 3. The van der Waals surface area contributed by atoms with E-state index in [1.54, 1.807) is 4.90 Å². The monoisotopic (exact) mass is 239 g/mol. The molecule has 2 aliphatic rings. The Balaban J connectivity index is 1.70. The van der Waals surface area contributed by atoms with Gasteiger partial charge >= 0.3 is 0 Å². The highest BCUT2D eigenvalue weighted by atomic mass is 16.2. The second-order valence-corrected chi connectivity index (χ2v) is 4.92. The number of carbonyl (C=O) groups is 2. The predicted molar refractivity (Wildman–Crippen MR) is 64.4 cm³/mol. The molecule has 2 amide bonds. The number of rotatable bonds is 3. The first-order valence-corrected chi connectivity index (χ1v) is 6.51. The van der Waals surface area contributed by atoms with Crippen LogP contribution in [0.4, 0.5) is 0 Å². The number of hydrogen-bond donors (Lipinski definition) is 2. The summed E-state index contributed by atoms with van der Waals surface area (Å²) in [6, 6.07) is 0. The lowest BCUT2D eigenvalue weighted by Crippen LogP contribution is -2.50. The molecular weight excluding hydrogens is 218 g/mol. The molecular formula is C12H21N3O2. The molecule has 96 valence electrons. The first-order chi connectivity index (χ1) is 8.25. The fraction of sp³-hybridized carbons (Fsp3) is 0.833. The zero-order valence-electron chi connectivity index (χ0n) is 10.2. The molecule has 2 saturated heterocycles. The minimum Gasteiger partial charge on any atom is -0.353 e. The summed E-state index contributed by atoms with van der Waals surface area (Å²) in [5.74, 6) is 0.723. The molecule has 1 atom stereocenters. The molecule has 2 fully saturated rings. The van der Waals surface area contributed by atoms with E-state index in [-0.39, 0.29) is 18.4 Å². The van der Waals surface area contributed by atoms with Crippen molar-refractivity contribution in [2.45, 2.75) is 25.7 Å². The van der Waals surface area contributed by atoms with Crippen LogP contribution in [-0.4, -0.2) is 49.4 Å². The minimum absolute atomic E-state index is 0.0380. The molecule has 1 unspecified atom stereocenters. The third-order valence-corrected chi connectivity index (χ3v) is 3.56. The van der Waals surface area contributed by atoms with Gasteiger partial charge in [0.1, 0.15) is 0 Å². The lowest BCUT2D eigenvalue weighted by molar-refractivity contribution is -0.138. The molecule has 2 aliphatic heterocycles. The second kappa shape index (κ2) is 6.00. The van der Waals surface area contributed by atoms with E-state index in [0.29, 0.717) is 25.4 Å². The van der Waals surface area contributed by atoms with Gasteiger partial charge in [0.25, 0.3) is 0 Å². The lowest BCUT2D eigenvalue weighted by Gasteiger charge is -2.28. The molecule has 0 bridgehead atoms. The largest absolute Gasteiger partial charge is 0.353 e. The Labute approximate surface area is 102 Å². The van der Waals surface area contributed by atoms with Gasteiger partial charge in [-0.25, -0.2) is 0 Å². The second-order valence-electron chi connectivity index (χ2n) is 4.92. The summed E-state index contributed by atoms with van der Waals surface area (Å²) in [4.78, 5) is 24.8. The van der Waals surface area contributed by atoms with Crippen LogP contribution in [0.25, 0.3) is 0 Å². The van der Waals surface area contributed by atoms with Gasteiger partial charge in [-0.3, -0.25) is 9.59 Å². The van der Waals surface area contributed by atoms with Crippen LogP contribution in [0.3, 0.4) is 0 Å². The average molecular weight is 239 g/mol. The Morgan fingerprint density at radius 2 is 2.29 bits per heavy atom. The summed E-state index contributed by atoms with van der Waals surface area (Å²) in [7, 11) is 0. The van der Waals surface area contributed by atoms with Crippen molar-refractivity contribution in [3.05, 3.63) is 0 Å². The Bertz CT molecular complexity index is 287. The maximum Gasteiger partial charge on any atom is 0.239 e. The number of nitrogens with zero attached hydrogens (tertiary/aromatic N) is 1. The van der Waals surface area contributed by atoms with E-state index in [1.165, 1.54) is 12.8 Å². The van der Waals surface area contributed by atoms with Crippen molar-refractivity contribution >= 4 is 11.8 Å². The molecule has 0 spiro atoms. The van der Waals surface area contributed by atoms with Crippen LogP contribution < -0.4 is 10.6 Å². The van der Waals surface area contributed by atoms with Gasteiger partial charge < -0.3 is 15.5 Å². The molecule has 0 aromatic carbocycles.